The van der Waals surface area contributed by atoms with Crippen molar-refractivity contribution in [2.24, 2.45) is 0 Å². The molecule has 0 aromatic carbocycles. The lowest BCUT2D eigenvalue weighted by atomic mass is 9.93. The van der Waals surface area contributed by atoms with E-state index in [-0.39, 0.29) is 0 Å². The smallest absolute Gasteiger partial charge is 0.0320 e. The van der Waals surface area contributed by atoms with Gasteiger partial charge in [-0.05, 0) is 19.9 Å². The van der Waals surface area contributed by atoms with Crippen molar-refractivity contribution in [3.63, 3.8) is 0 Å². The number of hydrogen-bond donors (Lipinski definition) is 2. The zero-order valence-corrected chi connectivity index (χ0v) is 8.55. The predicted molar refractivity (Wildman–Crippen MR) is 54.9 cm³/mol. The molecule has 3 heteroatoms. The fraction of sp³-hybridized carbons (Fsp3) is 1.00. The predicted octanol–water partition coefficient (Wildman–Crippen LogP) is 0.0321. The van der Waals surface area contributed by atoms with E-state index in [1.807, 2.05) is 0 Å². The van der Waals surface area contributed by atoms with Crippen LogP contribution in [0.15, 0.2) is 0 Å². The van der Waals surface area contributed by atoms with Crippen LogP contribution in [-0.4, -0.2) is 50.2 Å². The quantitative estimate of drug-likeness (QED) is 0.646. The molecule has 0 spiro atoms. The number of nitrogens with one attached hydrogen (secondary N) is 2. The van der Waals surface area contributed by atoms with E-state index in [1.54, 1.807) is 0 Å². The van der Waals surface area contributed by atoms with Crippen molar-refractivity contribution in [2.45, 2.75) is 31.3 Å². The largest absolute Gasteiger partial charge is 0.312 e. The van der Waals surface area contributed by atoms with E-state index in [2.05, 4.69) is 22.6 Å². The topological polar surface area (TPSA) is 27.3 Å². The molecule has 2 N–H and O–H groups in total. The average Bonchev–Trinajstić information content (AvgIpc) is 2.01. The van der Waals surface area contributed by atoms with Crippen LogP contribution in [0.1, 0.15) is 19.3 Å². The van der Waals surface area contributed by atoms with Gasteiger partial charge in [-0.1, -0.05) is 6.42 Å². The lowest BCUT2D eigenvalue weighted by molar-refractivity contribution is 0.222. The average molecular weight is 183 g/mol. The van der Waals surface area contributed by atoms with E-state index >= 15 is 0 Å². The Kier molecular flexibility index (Phi) is 3.19. The van der Waals surface area contributed by atoms with Crippen LogP contribution in [0.4, 0.5) is 0 Å². The molecular weight excluding hydrogens is 162 g/mol. The summed E-state index contributed by atoms with van der Waals surface area (Å²) in [6, 6.07) is 1.49. The summed E-state index contributed by atoms with van der Waals surface area (Å²) < 4.78 is 0. The monoisotopic (exact) mass is 183 g/mol. The molecule has 1 aliphatic carbocycles. The summed E-state index contributed by atoms with van der Waals surface area (Å²) in [6.45, 7) is 4.68. The fourth-order valence-electron chi connectivity index (χ4n) is 2.05. The van der Waals surface area contributed by atoms with Gasteiger partial charge in [0.25, 0.3) is 0 Å². The summed E-state index contributed by atoms with van der Waals surface area (Å²) in [5.74, 6) is 0. The molecule has 13 heavy (non-hydrogen) atoms. The van der Waals surface area contributed by atoms with E-state index in [0.29, 0.717) is 6.04 Å². The molecule has 3 nitrogen and oxygen atoms in total. The summed E-state index contributed by atoms with van der Waals surface area (Å²) >= 11 is 0. The Morgan fingerprint density at radius 3 is 2.92 bits per heavy atom. The molecule has 1 unspecified atom stereocenters. The summed E-state index contributed by atoms with van der Waals surface area (Å²) in [5.41, 5.74) is 0. The standard InChI is InChI=1S/C10H21N3/c1-13-6-5-11-10(8-13)7-12-9-3-2-4-9/h9-12H,2-8H2,1H3. The maximum absolute atomic E-state index is 3.62. The molecule has 1 atom stereocenters. The highest BCUT2D eigenvalue weighted by atomic mass is 15.2. The van der Waals surface area contributed by atoms with Gasteiger partial charge in [0.15, 0.2) is 0 Å². The molecule has 1 heterocycles. The highest BCUT2D eigenvalue weighted by Crippen LogP contribution is 2.17. The fourth-order valence-corrected chi connectivity index (χ4v) is 2.05. The third-order valence-electron chi connectivity index (χ3n) is 3.22. The maximum Gasteiger partial charge on any atom is 0.0320 e. The Labute approximate surface area is 80.9 Å². The number of nitrogens with zero attached hydrogens (tertiary/aromatic N) is 1. The minimum absolute atomic E-state index is 0.666. The molecule has 2 fully saturated rings. The van der Waals surface area contributed by atoms with E-state index in [4.69, 9.17) is 0 Å². The first-order chi connectivity index (χ1) is 6.34. The zero-order chi connectivity index (χ0) is 9.10. The van der Waals surface area contributed by atoms with Crippen molar-refractivity contribution in [3.05, 3.63) is 0 Å². The van der Waals surface area contributed by atoms with Crippen LogP contribution in [-0.2, 0) is 0 Å². The van der Waals surface area contributed by atoms with Crippen LogP contribution >= 0.6 is 0 Å². The minimum Gasteiger partial charge on any atom is -0.312 e. The van der Waals surface area contributed by atoms with Crippen molar-refractivity contribution in [3.8, 4) is 0 Å². The van der Waals surface area contributed by atoms with Gasteiger partial charge in [0.1, 0.15) is 0 Å². The Morgan fingerprint density at radius 2 is 2.31 bits per heavy atom. The molecule has 1 aliphatic heterocycles. The van der Waals surface area contributed by atoms with E-state index in [1.165, 1.54) is 32.4 Å². The van der Waals surface area contributed by atoms with Crippen LogP contribution in [0, 0.1) is 0 Å². The van der Waals surface area contributed by atoms with Crippen LogP contribution < -0.4 is 10.6 Å². The van der Waals surface area contributed by atoms with Crippen LogP contribution in [0.5, 0.6) is 0 Å². The number of hydrogen-bond acceptors (Lipinski definition) is 3. The Hall–Kier alpha value is -0.120. The van der Waals surface area contributed by atoms with Crippen LogP contribution in [0.25, 0.3) is 0 Å². The van der Waals surface area contributed by atoms with Crippen molar-refractivity contribution in [1.29, 1.82) is 0 Å². The Bertz CT molecular complexity index is 156. The molecule has 1 saturated carbocycles. The van der Waals surface area contributed by atoms with Crippen molar-refractivity contribution < 1.29 is 0 Å². The third-order valence-corrected chi connectivity index (χ3v) is 3.22. The maximum atomic E-state index is 3.62. The molecule has 0 aromatic rings. The molecule has 0 amide bonds. The van der Waals surface area contributed by atoms with Crippen LogP contribution in [0.3, 0.4) is 0 Å². The highest BCUT2D eigenvalue weighted by molar-refractivity contribution is 4.83. The molecule has 1 saturated heterocycles. The first-order valence-electron chi connectivity index (χ1n) is 5.50. The van der Waals surface area contributed by atoms with Gasteiger partial charge in [0, 0.05) is 38.3 Å². The van der Waals surface area contributed by atoms with Gasteiger partial charge in [-0.2, -0.15) is 0 Å². The molecule has 76 valence electrons. The van der Waals surface area contributed by atoms with Crippen LogP contribution in [0.2, 0.25) is 0 Å². The number of rotatable bonds is 3. The molecule has 2 rings (SSSR count). The van der Waals surface area contributed by atoms with Crippen molar-refractivity contribution in [1.82, 2.24) is 15.5 Å². The van der Waals surface area contributed by atoms with E-state index in [0.717, 1.165) is 19.1 Å². The Morgan fingerprint density at radius 1 is 1.46 bits per heavy atom. The minimum atomic E-state index is 0.666. The molecule has 0 aromatic heterocycles. The van der Waals surface area contributed by atoms with Gasteiger partial charge in [-0.15, -0.1) is 0 Å². The van der Waals surface area contributed by atoms with Gasteiger partial charge >= 0.3 is 0 Å². The molecule has 0 bridgehead atoms. The number of piperazine rings is 1. The van der Waals surface area contributed by atoms with Gasteiger partial charge in [-0.3, -0.25) is 0 Å². The second kappa shape index (κ2) is 4.40. The second-order valence-electron chi connectivity index (χ2n) is 4.45. The summed E-state index contributed by atoms with van der Waals surface area (Å²) in [7, 11) is 2.21. The summed E-state index contributed by atoms with van der Waals surface area (Å²) in [6.07, 6.45) is 4.21. The van der Waals surface area contributed by atoms with Crippen molar-refractivity contribution >= 4 is 0 Å². The van der Waals surface area contributed by atoms with E-state index < -0.39 is 0 Å². The second-order valence-corrected chi connectivity index (χ2v) is 4.45. The molecular formula is C10H21N3. The Balaban J connectivity index is 1.62. The third kappa shape index (κ3) is 2.66. The lowest BCUT2D eigenvalue weighted by Crippen LogP contribution is -2.54. The first kappa shape index (κ1) is 9.44. The molecule has 2 aliphatic rings. The summed E-state index contributed by atoms with van der Waals surface area (Å²) in [5, 5.41) is 7.17. The van der Waals surface area contributed by atoms with Gasteiger partial charge in [0.05, 0.1) is 0 Å². The van der Waals surface area contributed by atoms with Gasteiger partial charge in [-0.25, -0.2) is 0 Å². The normalized spacial score (nSPS) is 31.6. The number of likely N-dealkylation sites (N-methyl/N-ethyl adjacent to an activating group) is 1. The lowest BCUT2D eigenvalue weighted by Gasteiger charge is -2.34. The van der Waals surface area contributed by atoms with Crippen molar-refractivity contribution in [2.75, 3.05) is 33.2 Å². The van der Waals surface area contributed by atoms with Gasteiger partial charge in [0.2, 0.25) is 0 Å². The SMILES string of the molecule is CN1CCNC(CNC2CCC2)C1. The zero-order valence-electron chi connectivity index (χ0n) is 8.55. The van der Waals surface area contributed by atoms with Gasteiger partial charge < -0.3 is 15.5 Å². The summed E-state index contributed by atoms with van der Waals surface area (Å²) in [4.78, 5) is 2.41. The first-order valence-corrected chi connectivity index (χ1v) is 5.50. The highest BCUT2D eigenvalue weighted by Gasteiger charge is 2.20. The molecule has 0 radical (unpaired) electrons. The van der Waals surface area contributed by atoms with E-state index in [9.17, 15) is 0 Å².